The molecule has 1 amide bonds. The number of amides is 1. The summed E-state index contributed by atoms with van der Waals surface area (Å²) >= 11 is 0. The molecule has 2 N–H and O–H groups in total. The van der Waals surface area contributed by atoms with Gasteiger partial charge in [-0.25, -0.2) is 4.79 Å². The fraction of sp³-hybridized carbons (Fsp3) is 0.900. The second-order valence-electron chi connectivity index (χ2n) is 13.2. The van der Waals surface area contributed by atoms with E-state index in [1.165, 1.54) is 51.4 Å². The van der Waals surface area contributed by atoms with Gasteiger partial charge in [-0.15, -0.1) is 0 Å². The monoisotopic (exact) mass is 473 g/mol. The van der Waals surface area contributed by atoms with Gasteiger partial charge in [-0.05, 0) is 91.3 Å². The van der Waals surface area contributed by atoms with Crippen molar-refractivity contribution in [2.24, 2.45) is 46.3 Å². The summed E-state index contributed by atoms with van der Waals surface area (Å²) in [6, 6.07) is 0. The Morgan fingerprint density at radius 2 is 1.91 bits per heavy atom. The van der Waals surface area contributed by atoms with Crippen LogP contribution in [0.5, 0.6) is 0 Å². The number of allylic oxidation sites excluding steroid dienone is 1. The normalized spacial score (nSPS) is 40.1. The standard InChI is InChI=1S/C30H51NO3/c1-20(2)7-6-8-21(3)25-11-12-26-24-10-9-22-19-23(34-28(33)31-17-18-32)13-15-29(22,4)27(24)14-16-30(25,26)5/h9,20-21,23-27,32H,6-8,10-19H2,1-5H3,(H,31,33). The predicted molar refractivity (Wildman–Crippen MR) is 138 cm³/mol. The Kier molecular flexibility index (Phi) is 8.06. The first-order valence-corrected chi connectivity index (χ1v) is 14.4. The van der Waals surface area contributed by atoms with Crippen molar-refractivity contribution in [1.82, 2.24) is 5.32 Å². The van der Waals surface area contributed by atoms with Crippen LogP contribution >= 0.6 is 0 Å². The van der Waals surface area contributed by atoms with E-state index < -0.39 is 0 Å². The lowest BCUT2D eigenvalue weighted by atomic mass is 9.47. The van der Waals surface area contributed by atoms with Crippen LogP contribution in [-0.2, 0) is 4.74 Å². The Morgan fingerprint density at radius 1 is 1.12 bits per heavy atom. The highest BCUT2D eigenvalue weighted by Gasteiger charge is 2.59. The molecule has 0 saturated heterocycles. The number of aliphatic hydroxyl groups excluding tert-OH is 1. The van der Waals surface area contributed by atoms with E-state index in [2.05, 4.69) is 46.0 Å². The molecular weight excluding hydrogens is 422 g/mol. The van der Waals surface area contributed by atoms with E-state index >= 15 is 0 Å². The molecule has 3 saturated carbocycles. The maximum atomic E-state index is 12.0. The lowest BCUT2D eigenvalue weighted by molar-refractivity contribution is -0.0581. The Labute approximate surface area is 208 Å². The summed E-state index contributed by atoms with van der Waals surface area (Å²) in [5.41, 5.74) is 2.37. The number of ether oxygens (including phenoxy) is 1. The molecule has 4 rings (SSSR count). The van der Waals surface area contributed by atoms with Crippen LogP contribution in [0.3, 0.4) is 0 Å². The molecule has 34 heavy (non-hydrogen) atoms. The minimum atomic E-state index is -0.384. The molecule has 4 aliphatic carbocycles. The number of hydrogen-bond acceptors (Lipinski definition) is 3. The van der Waals surface area contributed by atoms with Crippen molar-refractivity contribution in [1.29, 1.82) is 0 Å². The van der Waals surface area contributed by atoms with Gasteiger partial charge in [-0.3, -0.25) is 0 Å². The van der Waals surface area contributed by atoms with Crippen LogP contribution < -0.4 is 5.32 Å². The third-order valence-corrected chi connectivity index (χ3v) is 10.9. The summed E-state index contributed by atoms with van der Waals surface area (Å²) < 4.78 is 5.69. The molecule has 8 unspecified atom stereocenters. The fourth-order valence-electron chi connectivity index (χ4n) is 9.10. The first kappa shape index (κ1) is 26.0. The van der Waals surface area contributed by atoms with Gasteiger partial charge in [0.1, 0.15) is 6.10 Å². The first-order chi connectivity index (χ1) is 16.2. The second-order valence-corrected chi connectivity index (χ2v) is 13.2. The van der Waals surface area contributed by atoms with E-state index in [1.54, 1.807) is 5.57 Å². The molecule has 0 spiro atoms. The van der Waals surface area contributed by atoms with Crippen LogP contribution in [0.2, 0.25) is 0 Å². The molecule has 8 atom stereocenters. The minimum Gasteiger partial charge on any atom is -0.446 e. The van der Waals surface area contributed by atoms with Crippen molar-refractivity contribution in [3.63, 3.8) is 0 Å². The number of hydrogen-bond donors (Lipinski definition) is 2. The number of aliphatic hydroxyl groups is 1. The fourth-order valence-corrected chi connectivity index (χ4v) is 9.10. The minimum absolute atomic E-state index is 0.0222. The third kappa shape index (κ3) is 4.95. The SMILES string of the molecule is CC(C)CCCC(C)C1CCC2C3CC=C4CC(OC(=O)NCCO)CCC4(C)C3CCC12C. The molecule has 4 heteroatoms. The Balaban J connectivity index is 1.41. The van der Waals surface area contributed by atoms with Crippen molar-refractivity contribution >= 4 is 6.09 Å². The average molecular weight is 474 g/mol. The number of carbonyl (C=O) groups is 1. The van der Waals surface area contributed by atoms with Gasteiger partial charge in [0.25, 0.3) is 0 Å². The van der Waals surface area contributed by atoms with Crippen molar-refractivity contribution in [2.45, 2.75) is 111 Å². The number of carbonyl (C=O) groups excluding carboxylic acids is 1. The molecule has 0 aromatic carbocycles. The van der Waals surface area contributed by atoms with Crippen molar-refractivity contribution in [2.75, 3.05) is 13.2 Å². The van der Waals surface area contributed by atoms with Crippen LogP contribution in [0.15, 0.2) is 11.6 Å². The summed E-state index contributed by atoms with van der Waals surface area (Å²) in [5, 5.41) is 11.6. The Morgan fingerprint density at radius 3 is 2.65 bits per heavy atom. The third-order valence-electron chi connectivity index (χ3n) is 10.9. The van der Waals surface area contributed by atoms with E-state index in [9.17, 15) is 4.79 Å². The highest BCUT2D eigenvalue weighted by Crippen LogP contribution is 2.67. The van der Waals surface area contributed by atoms with Gasteiger partial charge in [-0.1, -0.05) is 65.5 Å². The average Bonchev–Trinajstić information content (AvgIpc) is 3.15. The lowest BCUT2D eigenvalue weighted by Gasteiger charge is -2.58. The first-order valence-electron chi connectivity index (χ1n) is 14.4. The summed E-state index contributed by atoms with van der Waals surface area (Å²) in [5.74, 6) is 5.12. The summed E-state index contributed by atoms with van der Waals surface area (Å²) in [6.07, 6.45) is 16.2. The number of alkyl carbamates (subject to hydrolysis) is 1. The largest absolute Gasteiger partial charge is 0.446 e. The van der Waals surface area contributed by atoms with Gasteiger partial charge < -0.3 is 15.2 Å². The predicted octanol–water partition coefficient (Wildman–Crippen LogP) is 7.11. The Bertz CT molecular complexity index is 747. The van der Waals surface area contributed by atoms with Gasteiger partial charge in [0, 0.05) is 13.0 Å². The van der Waals surface area contributed by atoms with Crippen molar-refractivity contribution < 1.29 is 14.6 Å². The molecule has 0 heterocycles. The zero-order chi connectivity index (χ0) is 24.5. The van der Waals surface area contributed by atoms with E-state index in [0.717, 1.165) is 54.8 Å². The van der Waals surface area contributed by atoms with E-state index in [0.29, 0.717) is 5.41 Å². The quantitative estimate of drug-likeness (QED) is 0.369. The molecule has 0 bridgehead atoms. The van der Waals surface area contributed by atoms with E-state index in [4.69, 9.17) is 9.84 Å². The van der Waals surface area contributed by atoms with Crippen LogP contribution in [0.1, 0.15) is 105 Å². The molecule has 4 aliphatic rings. The summed E-state index contributed by atoms with van der Waals surface area (Å²) in [7, 11) is 0. The molecule has 0 aromatic heterocycles. The summed E-state index contributed by atoms with van der Waals surface area (Å²) in [4.78, 5) is 12.0. The molecule has 4 nitrogen and oxygen atoms in total. The smallest absolute Gasteiger partial charge is 0.407 e. The molecule has 0 aromatic rings. The van der Waals surface area contributed by atoms with Gasteiger partial charge in [0.05, 0.1) is 6.61 Å². The van der Waals surface area contributed by atoms with Gasteiger partial charge >= 0.3 is 6.09 Å². The highest BCUT2D eigenvalue weighted by molar-refractivity contribution is 5.67. The number of fused-ring (bicyclic) bond motifs is 5. The van der Waals surface area contributed by atoms with Crippen LogP contribution in [0, 0.1) is 46.3 Å². The zero-order valence-corrected chi connectivity index (χ0v) is 22.6. The zero-order valence-electron chi connectivity index (χ0n) is 22.6. The maximum Gasteiger partial charge on any atom is 0.407 e. The molecule has 0 radical (unpaired) electrons. The van der Waals surface area contributed by atoms with Crippen molar-refractivity contribution in [3.05, 3.63) is 11.6 Å². The van der Waals surface area contributed by atoms with Gasteiger partial charge in [0.2, 0.25) is 0 Å². The van der Waals surface area contributed by atoms with Crippen LogP contribution in [0.25, 0.3) is 0 Å². The lowest BCUT2D eigenvalue weighted by Crippen LogP contribution is -2.51. The Hall–Kier alpha value is -1.03. The molecule has 3 fully saturated rings. The number of rotatable bonds is 8. The highest BCUT2D eigenvalue weighted by atomic mass is 16.6. The molecule has 194 valence electrons. The van der Waals surface area contributed by atoms with Crippen LogP contribution in [-0.4, -0.2) is 30.5 Å². The molecule has 0 aliphatic heterocycles. The maximum absolute atomic E-state index is 12.0. The van der Waals surface area contributed by atoms with Crippen LogP contribution in [0.4, 0.5) is 4.79 Å². The molecular formula is C30H51NO3. The van der Waals surface area contributed by atoms with E-state index in [1.807, 2.05) is 0 Å². The van der Waals surface area contributed by atoms with Gasteiger partial charge in [-0.2, -0.15) is 0 Å². The van der Waals surface area contributed by atoms with E-state index in [-0.39, 0.29) is 30.8 Å². The summed E-state index contributed by atoms with van der Waals surface area (Å²) in [6.45, 7) is 12.7. The van der Waals surface area contributed by atoms with Crippen molar-refractivity contribution in [3.8, 4) is 0 Å². The number of nitrogens with one attached hydrogen (secondary N) is 1. The van der Waals surface area contributed by atoms with Gasteiger partial charge in [0.15, 0.2) is 0 Å². The topological polar surface area (TPSA) is 58.6 Å². The second kappa shape index (κ2) is 10.5.